The van der Waals surface area contributed by atoms with Crippen molar-refractivity contribution in [1.29, 1.82) is 0 Å². The molecule has 2 N–H and O–H groups in total. The van der Waals surface area contributed by atoms with Crippen molar-refractivity contribution in [3.8, 4) is 0 Å². The van der Waals surface area contributed by atoms with Gasteiger partial charge in [-0.1, -0.05) is 23.2 Å². The van der Waals surface area contributed by atoms with Crippen LogP contribution in [0.15, 0.2) is 0 Å². The molecule has 0 aromatic heterocycles. The van der Waals surface area contributed by atoms with E-state index in [0.29, 0.717) is 6.42 Å². The molecule has 1 heterocycles. The van der Waals surface area contributed by atoms with Gasteiger partial charge in [0, 0.05) is 26.1 Å². The summed E-state index contributed by atoms with van der Waals surface area (Å²) in [5.41, 5.74) is 5.43. The van der Waals surface area contributed by atoms with Gasteiger partial charge in [0.2, 0.25) is 0 Å². The van der Waals surface area contributed by atoms with E-state index in [1.165, 1.54) is 0 Å². The Morgan fingerprint density at radius 1 is 1.33 bits per heavy atom. The molecule has 0 atom stereocenters. The number of hydrogen-bond acceptors (Lipinski definition) is 3. The summed E-state index contributed by atoms with van der Waals surface area (Å²) in [6.07, 6.45) is 0.593. The highest BCUT2D eigenvalue weighted by Gasteiger charge is 2.19. The molecule has 0 aromatic carbocycles. The fourth-order valence-corrected chi connectivity index (χ4v) is 1.30. The number of alkyl halides is 2. The highest BCUT2D eigenvalue weighted by atomic mass is 35.5. The summed E-state index contributed by atoms with van der Waals surface area (Å²) >= 11 is 11.3. The number of nitrogens with zero attached hydrogens (tertiary/aromatic N) is 1. The number of hydrogen-bond donors (Lipinski definition) is 1. The zero-order valence-electron chi connectivity index (χ0n) is 6.93. The van der Waals surface area contributed by atoms with Crippen LogP contribution in [0, 0.1) is 0 Å². The van der Waals surface area contributed by atoms with Crippen molar-refractivity contribution in [3.05, 3.63) is 0 Å². The smallest absolute Gasteiger partial charge is 0.167 e. The molecule has 0 saturated carbocycles. The molecule has 72 valence electrons. The summed E-state index contributed by atoms with van der Waals surface area (Å²) in [6.45, 7) is 4.32. The molecule has 0 aromatic rings. The van der Waals surface area contributed by atoms with E-state index in [1.807, 2.05) is 0 Å². The molecule has 0 unspecified atom stereocenters. The monoisotopic (exact) mass is 212 g/mol. The zero-order valence-corrected chi connectivity index (χ0v) is 8.44. The maximum Gasteiger partial charge on any atom is 0.167 e. The number of nitrogens with two attached hydrogens (primary N) is 1. The van der Waals surface area contributed by atoms with Crippen molar-refractivity contribution in [3.63, 3.8) is 0 Å². The van der Waals surface area contributed by atoms with Crippen molar-refractivity contribution in [1.82, 2.24) is 4.90 Å². The summed E-state index contributed by atoms with van der Waals surface area (Å²) in [5, 5.41) is 0. The summed E-state index contributed by atoms with van der Waals surface area (Å²) in [5.74, 6) is 0. The molecule has 1 fully saturated rings. The maximum atomic E-state index is 5.64. The molecule has 3 nitrogen and oxygen atoms in total. The first-order valence-corrected chi connectivity index (χ1v) is 4.80. The molecule has 1 saturated heterocycles. The van der Waals surface area contributed by atoms with Gasteiger partial charge in [-0.25, -0.2) is 0 Å². The third-order valence-corrected chi connectivity index (χ3v) is 2.24. The first-order valence-electron chi connectivity index (χ1n) is 4.05. The van der Waals surface area contributed by atoms with E-state index in [0.717, 1.165) is 32.8 Å². The average molecular weight is 213 g/mol. The number of rotatable bonds is 3. The number of morpholine rings is 1. The fourth-order valence-electron chi connectivity index (χ4n) is 1.13. The molecule has 0 aliphatic carbocycles. The van der Waals surface area contributed by atoms with Gasteiger partial charge in [0.15, 0.2) is 4.46 Å². The quantitative estimate of drug-likeness (QED) is 0.556. The second-order valence-corrected chi connectivity index (χ2v) is 4.51. The van der Waals surface area contributed by atoms with Crippen LogP contribution >= 0.6 is 23.2 Å². The van der Waals surface area contributed by atoms with E-state index < -0.39 is 4.46 Å². The summed E-state index contributed by atoms with van der Waals surface area (Å²) in [4.78, 5) is 2.25. The lowest BCUT2D eigenvalue weighted by Crippen LogP contribution is -2.40. The van der Waals surface area contributed by atoms with Gasteiger partial charge in [0.1, 0.15) is 0 Å². The molecule has 0 spiro atoms. The predicted molar refractivity (Wildman–Crippen MR) is 50.5 cm³/mol. The summed E-state index contributed by atoms with van der Waals surface area (Å²) in [6, 6.07) is 0. The van der Waals surface area contributed by atoms with Gasteiger partial charge >= 0.3 is 0 Å². The molecule has 0 amide bonds. The topological polar surface area (TPSA) is 38.5 Å². The minimum absolute atomic E-state index is 0.593. The van der Waals surface area contributed by atoms with Gasteiger partial charge in [-0.3, -0.25) is 4.90 Å². The molecule has 5 heteroatoms. The van der Waals surface area contributed by atoms with E-state index in [4.69, 9.17) is 33.7 Å². The Morgan fingerprint density at radius 2 is 1.92 bits per heavy atom. The van der Waals surface area contributed by atoms with Crippen molar-refractivity contribution >= 4 is 23.2 Å². The molecule has 0 bridgehead atoms. The summed E-state index contributed by atoms with van der Waals surface area (Å²) < 4.78 is 4.11. The average Bonchev–Trinajstić information content (AvgIpc) is 2.02. The Morgan fingerprint density at radius 3 is 2.42 bits per heavy atom. The Hall–Kier alpha value is 0.460. The predicted octanol–water partition coefficient (Wildman–Crippen LogP) is 0.799. The zero-order chi connectivity index (χ0) is 9.03. The molecule has 1 rings (SSSR count). The second kappa shape index (κ2) is 4.63. The van der Waals surface area contributed by atoms with Crippen molar-refractivity contribution in [2.45, 2.75) is 10.9 Å². The molecule has 12 heavy (non-hydrogen) atoms. The Bertz CT molecular complexity index is 132. The van der Waals surface area contributed by atoms with E-state index in [2.05, 4.69) is 4.90 Å². The largest absolute Gasteiger partial charge is 0.379 e. The lowest BCUT2D eigenvalue weighted by atomic mass is 10.3. The SMILES string of the molecule is NC(Cl)(Cl)CCN1CCOCC1. The van der Waals surface area contributed by atoms with Crippen LogP contribution in [-0.4, -0.2) is 42.2 Å². The Labute approximate surface area is 82.7 Å². The normalized spacial score (nSPS) is 21.2. The van der Waals surface area contributed by atoms with Gasteiger partial charge in [-0.05, 0) is 0 Å². The molecule has 0 radical (unpaired) electrons. The first-order chi connectivity index (χ1) is 5.58. The highest BCUT2D eigenvalue weighted by Crippen LogP contribution is 2.18. The van der Waals surface area contributed by atoms with Crippen LogP contribution in [0.3, 0.4) is 0 Å². The van der Waals surface area contributed by atoms with E-state index in [-0.39, 0.29) is 0 Å². The van der Waals surface area contributed by atoms with Crippen LogP contribution in [0.1, 0.15) is 6.42 Å². The van der Waals surface area contributed by atoms with E-state index >= 15 is 0 Å². The standard InChI is InChI=1S/C7H14Cl2N2O/c8-7(9,10)1-2-11-3-5-12-6-4-11/h1-6,10H2. The van der Waals surface area contributed by atoms with Crippen LogP contribution in [-0.2, 0) is 4.74 Å². The fraction of sp³-hybridized carbons (Fsp3) is 1.00. The summed E-state index contributed by atoms with van der Waals surface area (Å²) in [7, 11) is 0. The van der Waals surface area contributed by atoms with Crippen LogP contribution in [0.25, 0.3) is 0 Å². The minimum atomic E-state index is -1.09. The van der Waals surface area contributed by atoms with Gasteiger partial charge in [-0.2, -0.15) is 0 Å². The van der Waals surface area contributed by atoms with E-state index in [9.17, 15) is 0 Å². The third-order valence-electron chi connectivity index (χ3n) is 1.87. The lowest BCUT2D eigenvalue weighted by molar-refractivity contribution is 0.0370. The second-order valence-electron chi connectivity index (χ2n) is 2.97. The van der Waals surface area contributed by atoms with Crippen molar-refractivity contribution < 1.29 is 4.74 Å². The number of halogens is 2. The molecular formula is C7H14Cl2N2O. The third kappa shape index (κ3) is 4.48. The van der Waals surface area contributed by atoms with Crippen LogP contribution in [0.4, 0.5) is 0 Å². The highest BCUT2D eigenvalue weighted by molar-refractivity contribution is 6.47. The van der Waals surface area contributed by atoms with Crippen molar-refractivity contribution in [2.75, 3.05) is 32.8 Å². The molecule has 1 aliphatic rings. The van der Waals surface area contributed by atoms with Gasteiger partial charge < -0.3 is 10.5 Å². The van der Waals surface area contributed by atoms with Crippen LogP contribution in [0.5, 0.6) is 0 Å². The molecule has 1 aliphatic heterocycles. The van der Waals surface area contributed by atoms with Crippen LogP contribution in [0.2, 0.25) is 0 Å². The van der Waals surface area contributed by atoms with Gasteiger partial charge in [-0.15, -0.1) is 0 Å². The first kappa shape index (κ1) is 10.5. The van der Waals surface area contributed by atoms with Gasteiger partial charge in [0.05, 0.1) is 13.2 Å². The molecular weight excluding hydrogens is 199 g/mol. The van der Waals surface area contributed by atoms with Crippen LogP contribution < -0.4 is 5.73 Å². The number of ether oxygens (including phenoxy) is 1. The maximum absolute atomic E-state index is 5.64. The van der Waals surface area contributed by atoms with E-state index in [1.54, 1.807) is 0 Å². The minimum Gasteiger partial charge on any atom is -0.379 e. The lowest BCUT2D eigenvalue weighted by Gasteiger charge is -2.28. The van der Waals surface area contributed by atoms with Crippen molar-refractivity contribution in [2.24, 2.45) is 5.73 Å². The Kier molecular flexibility index (Phi) is 4.06. The van der Waals surface area contributed by atoms with Gasteiger partial charge in [0.25, 0.3) is 0 Å². The Balaban J connectivity index is 2.13.